The van der Waals surface area contributed by atoms with Crippen molar-refractivity contribution in [2.75, 3.05) is 6.61 Å². The maximum Gasteiger partial charge on any atom is 0.197 e. The third kappa shape index (κ3) is 3.03. The van der Waals surface area contributed by atoms with Gasteiger partial charge in [-0.15, -0.1) is 11.3 Å². The van der Waals surface area contributed by atoms with E-state index < -0.39 is 17.6 Å². The maximum absolute atomic E-state index is 12.6. The molecule has 0 N–H and O–H groups in total. The highest BCUT2D eigenvalue weighted by atomic mass is 32.1. The predicted octanol–water partition coefficient (Wildman–Crippen LogP) is 3.20. The van der Waals surface area contributed by atoms with Gasteiger partial charge in [0.2, 0.25) is 0 Å². The zero-order chi connectivity index (χ0) is 16.4. The lowest BCUT2D eigenvalue weighted by molar-refractivity contribution is -0.125. The van der Waals surface area contributed by atoms with Crippen LogP contribution in [0.1, 0.15) is 20.1 Å². The summed E-state index contributed by atoms with van der Waals surface area (Å²) in [6.07, 6.45) is 0.504. The number of ether oxygens (including phenoxy) is 1. The van der Waals surface area contributed by atoms with Gasteiger partial charge in [-0.2, -0.15) is 5.26 Å². The van der Waals surface area contributed by atoms with Crippen LogP contribution < -0.4 is 4.74 Å². The first kappa shape index (κ1) is 15.4. The molecule has 1 aromatic heterocycles. The number of ketones is 2. The smallest absolute Gasteiger partial charge is 0.197 e. The maximum atomic E-state index is 12.6. The number of benzene rings is 1. The highest BCUT2D eigenvalue weighted by molar-refractivity contribution is 7.14. The standard InChI is InChI=1S/C18H15NO3S/c1-11-6-7-16(23-11)18(21)14(9-19)17(20)13-8-12-4-2-3-5-15(12)22-10-13/h2-7,13-14H,8,10H2,1H3/t13-,14-/m0/s1. The summed E-state index contributed by atoms with van der Waals surface area (Å²) in [5.41, 5.74) is 0.938. The number of carbonyl (C=O) groups excluding carboxylic acids is 2. The van der Waals surface area contributed by atoms with Crippen LogP contribution in [0.2, 0.25) is 0 Å². The molecule has 2 heterocycles. The summed E-state index contributed by atoms with van der Waals surface area (Å²) < 4.78 is 5.60. The van der Waals surface area contributed by atoms with E-state index in [9.17, 15) is 14.9 Å². The van der Waals surface area contributed by atoms with Crippen molar-refractivity contribution >= 4 is 22.9 Å². The van der Waals surface area contributed by atoms with E-state index in [1.807, 2.05) is 43.3 Å². The summed E-state index contributed by atoms with van der Waals surface area (Å²) in [4.78, 5) is 26.5. The molecule has 4 nitrogen and oxygen atoms in total. The van der Waals surface area contributed by atoms with Crippen molar-refractivity contribution in [3.63, 3.8) is 0 Å². The Balaban J connectivity index is 1.79. The lowest BCUT2D eigenvalue weighted by Gasteiger charge is -2.25. The number of nitrogens with zero attached hydrogens (tertiary/aromatic N) is 1. The van der Waals surface area contributed by atoms with Crippen molar-refractivity contribution in [2.24, 2.45) is 11.8 Å². The third-order valence-electron chi connectivity index (χ3n) is 3.94. The number of rotatable bonds is 4. The molecule has 3 rings (SSSR count). The van der Waals surface area contributed by atoms with Crippen LogP contribution in [-0.2, 0) is 11.2 Å². The quantitative estimate of drug-likeness (QED) is 0.639. The second-order valence-corrected chi connectivity index (χ2v) is 6.85. The zero-order valence-electron chi connectivity index (χ0n) is 12.6. The van der Waals surface area contributed by atoms with Crippen LogP contribution in [0.25, 0.3) is 0 Å². The average Bonchev–Trinajstić information content (AvgIpc) is 3.01. The van der Waals surface area contributed by atoms with Gasteiger partial charge >= 0.3 is 0 Å². The molecule has 116 valence electrons. The summed E-state index contributed by atoms with van der Waals surface area (Å²) in [6, 6.07) is 12.9. The first-order valence-electron chi connectivity index (χ1n) is 7.35. The number of aryl methyl sites for hydroxylation is 1. The van der Waals surface area contributed by atoms with Gasteiger partial charge in [-0.05, 0) is 37.1 Å². The minimum absolute atomic E-state index is 0.213. The Kier molecular flexibility index (Phi) is 4.26. The third-order valence-corrected chi connectivity index (χ3v) is 4.96. The molecule has 0 fully saturated rings. The van der Waals surface area contributed by atoms with Crippen molar-refractivity contribution in [1.82, 2.24) is 0 Å². The summed E-state index contributed by atoms with van der Waals surface area (Å²) in [6.45, 7) is 2.10. The number of thiophene rings is 1. The Labute approximate surface area is 138 Å². The van der Waals surface area contributed by atoms with Gasteiger partial charge in [-0.25, -0.2) is 0 Å². The summed E-state index contributed by atoms with van der Waals surface area (Å²) >= 11 is 1.31. The minimum Gasteiger partial charge on any atom is -0.493 e. The van der Waals surface area contributed by atoms with Gasteiger partial charge in [0.05, 0.1) is 23.5 Å². The van der Waals surface area contributed by atoms with E-state index in [1.54, 1.807) is 6.07 Å². The fraction of sp³-hybridized carbons (Fsp3) is 0.278. The molecule has 0 aliphatic carbocycles. The van der Waals surface area contributed by atoms with E-state index in [-0.39, 0.29) is 12.4 Å². The first-order valence-corrected chi connectivity index (χ1v) is 8.16. The lowest BCUT2D eigenvalue weighted by Crippen LogP contribution is -2.35. The number of Topliss-reactive ketones (excluding diaryl/α,β-unsaturated/α-hetero) is 2. The number of para-hydroxylation sites is 1. The monoisotopic (exact) mass is 325 g/mol. The van der Waals surface area contributed by atoms with E-state index in [4.69, 9.17) is 4.74 Å². The van der Waals surface area contributed by atoms with E-state index in [0.29, 0.717) is 11.3 Å². The van der Waals surface area contributed by atoms with E-state index in [0.717, 1.165) is 16.2 Å². The van der Waals surface area contributed by atoms with Crippen molar-refractivity contribution in [1.29, 1.82) is 5.26 Å². The van der Waals surface area contributed by atoms with Crippen LogP contribution in [0.4, 0.5) is 0 Å². The molecule has 0 saturated heterocycles. The SMILES string of the molecule is Cc1ccc(C(=O)[C@@H](C#N)C(=O)[C@@H]2COc3ccccc3C2)s1. The van der Waals surface area contributed by atoms with Crippen LogP contribution in [0.15, 0.2) is 36.4 Å². The van der Waals surface area contributed by atoms with Crippen LogP contribution >= 0.6 is 11.3 Å². The van der Waals surface area contributed by atoms with Gasteiger partial charge in [0.25, 0.3) is 0 Å². The topological polar surface area (TPSA) is 67.2 Å². The summed E-state index contributed by atoms with van der Waals surface area (Å²) in [7, 11) is 0. The molecule has 0 unspecified atom stereocenters. The number of nitriles is 1. The minimum atomic E-state index is -1.26. The molecule has 0 saturated carbocycles. The van der Waals surface area contributed by atoms with Gasteiger partial charge in [-0.1, -0.05) is 18.2 Å². The van der Waals surface area contributed by atoms with E-state index in [1.165, 1.54) is 11.3 Å². The molecule has 23 heavy (non-hydrogen) atoms. The summed E-state index contributed by atoms with van der Waals surface area (Å²) in [5.74, 6) is -1.70. The highest BCUT2D eigenvalue weighted by Crippen LogP contribution is 2.29. The average molecular weight is 325 g/mol. The zero-order valence-corrected chi connectivity index (χ0v) is 13.4. The predicted molar refractivity (Wildman–Crippen MR) is 86.6 cm³/mol. The van der Waals surface area contributed by atoms with Gasteiger partial charge in [-0.3, -0.25) is 9.59 Å². The van der Waals surface area contributed by atoms with Crippen LogP contribution in [0, 0.1) is 30.1 Å². The Morgan fingerprint density at radius 2 is 2.09 bits per heavy atom. The van der Waals surface area contributed by atoms with E-state index in [2.05, 4.69) is 0 Å². The van der Waals surface area contributed by atoms with Gasteiger partial charge in [0.1, 0.15) is 5.75 Å². The number of hydrogen-bond donors (Lipinski definition) is 0. The molecule has 1 aliphatic heterocycles. The van der Waals surface area contributed by atoms with Gasteiger partial charge < -0.3 is 4.74 Å². The van der Waals surface area contributed by atoms with Crippen LogP contribution in [0.5, 0.6) is 5.75 Å². The number of fused-ring (bicyclic) bond motifs is 1. The fourth-order valence-corrected chi connectivity index (χ4v) is 3.54. The molecule has 1 aliphatic rings. The van der Waals surface area contributed by atoms with E-state index >= 15 is 0 Å². The van der Waals surface area contributed by atoms with Crippen LogP contribution in [-0.4, -0.2) is 18.2 Å². The van der Waals surface area contributed by atoms with Crippen molar-refractivity contribution in [3.8, 4) is 11.8 Å². The summed E-state index contributed by atoms with van der Waals surface area (Å²) in [5, 5.41) is 9.33. The van der Waals surface area contributed by atoms with Crippen molar-refractivity contribution in [3.05, 3.63) is 51.7 Å². The molecule has 0 spiro atoms. The largest absolute Gasteiger partial charge is 0.493 e. The Hall–Kier alpha value is -2.45. The normalized spacial score (nSPS) is 17.5. The van der Waals surface area contributed by atoms with Gasteiger partial charge in [0, 0.05) is 4.88 Å². The molecule has 2 atom stereocenters. The molecule has 0 bridgehead atoms. The Morgan fingerprint density at radius 3 is 2.78 bits per heavy atom. The van der Waals surface area contributed by atoms with Crippen LogP contribution in [0.3, 0.4) is 0 Å². The fourth-order valence-electron chi connectivity index (χ4n) is 2.71. The lowest BCUT2D eigenvalue weighted by atomic mass is 9.85. The Morgan fingerprint density at radius 1 is 1.30 bits per heavy atom. The molecule has 2 aromatic rings. The molecule has 1 aromatic carbocycles. The molecular weight excluding hydrogens is 310 g/mol. The molecule has 0 radical (unpaired) electrons. The number of hydrogen-bond acceptors (Lipinski definition) is 5. The molecule has 5 heteroatoms. The second kappa shape index (κ2) is 6.35. The van der Waals surface area contributed by atoms with Gasteiger partial charge in [0.15, 0.2) is 17.5 Å². The number of carbonyl (C=O) groups is 2. The highest BCUT2D eigenvalue weighted by Gasteiger charge is 2.36. The van der Waals surface area contributed by atoms with Crippen molar-refractivity contribution < 1.29 is 14.3 Å². The molecule has 0 amide bonds. The molecular formula is C18H15NO3S. The first-order chi connectivity index (χ1) is 11.1. The Bertz CT molecular complexity index is 803. The second-order valence-electron chi connectivity index (χ2n) is 5.56. The van der Waals surface area contributed by atoms with Crippen molar-refractivity contribution in [2.45, 2.75) is 13.3 Å².